The molecule has 0 radical (unpaired) electrons. The van der Waals surface area contributed by atoms with Crippen molar-refractivity contribution in [2.75, 3.05) is 33.9 Å². The number of rotatable bonds is 7. The standard InChI is InChI=1S/C14H28N2O/c1-16(9-12-5-3-4-6-12)14(10-15,11-17-2)13-7-8-13/h12-13H,3-11,15H2,1-2H3. The van der Waals surface area contributed by atoms with Crippen LogP contribution in [0.4, 0.5) is 0 Å². The van der Waals surface area contributed by atoms with Gasteiger partial charge in [0.2, 0.25) is 0 Å². The summed E-state index contributed by atoms with van der Waals surface area (Å²) in [5.74, 6) is 1.65. The molecule has 1 atom stereocenters. The minimum absolute atomic E-state index is 0.108. The van der Waals surface area contributed by atoms with E-state index in [0.29, 0.717) is 0 Å². The molecule has 0 saturated heterocycles. The van der Waals surface area contributed by atoms with Gasteiger partial charge in [0.15, 0.2) is 0 Å². The fourth-order valence-electron chi connectivity index (χ4n) is 3.55. The highest BCUT2D eigenvalue weighted by Gasteiger charge is 2.47. The molecule has 2 rings (SSSR count). The van der Waals surface area contributed by atoms with E-state index in [1.54, 1.807) is 7.11 Å². The van der Waals surface area contributed by atoms with Gasteiger partial charge in [0.25, 0.3) is 0 Å². The van der Waals surface area contributed by atoms with Crippen LogP contribution in [-0.4, -0.2) is 44.3 Å². The van der Waals surface area contributed by atoms with Crippen LogP contribution in [0, 0.1) is 11.8 Å². The third-order valence-corrected chi connectivity index (χ3v) is 4.85. The Morgan fingerprint density at radius 2 is 1.88 bits per heavy atom. The Labute approximate surface area is 106 Å². The molecule has 3 heteroatoms. The van der Waals surface area contributed by atoms with Gasteiger partial charge in [0.1, 0.15) is 0 Å². The minimum atomic E-state index is 0.108. The van der Waals surface area contributed by atoms with Gasteiger partial charge in [-0.05, 0) is 44.6 Å². The molecule has 1 unspecified atom stereocenters. The van der Waals surface area contributed by atoms with Gasteiger partial charge in [-0.1, -0.05) is 12.8 Å². The smallest absolute Gasteiger partial charge is 0.0661 e. The zero-order valence-corrected chi connectivity index (χ0v) is 11.5. The van der Waals surface area contributed by atoms with Crippen LogP contribution in [0.3, 0.4) is 0 Å². The highest BCUT2D eigenvalue weighted by Crippen LogP contribution is 2.43. The molecule has 100 valence electrons. The van der Waals surface area contributed by atoms with E-state index in [1.807, 2.05) is 0 Å². The first-order chi connectivity index (χ1) is 8.23. The highest BCUT2D eigenvalue weighted by molar-refractivity contribution is 5.03. The van der Waals surface area contributed by atoms with Gasteiger partial charge in [-0.3, -0.25) is 4.90 Å². The molecular formula is C14H28N2O. The van der Waals surface area contributed by atoms with Crippen LogP contribution in [-0.2, 0) is 4.74 Å². The molecular weight excluding hydrogens is 212 g/mol. The molecule has 0 aromatic rings. The van der Waals surface area contributed by atoms with Crippen LogP contribution in [0.1, 0.15) is 38.5 Å². The first-order valence-electron chi connectivity index (χ1n) is 7.13. The second-order valence-corrected chi connectivity index (χ2v) is 6.05. The van der Waals surface area contributed by atoms with Crippen LogP contribution in [0.5, 0.6) is 0 Å². The lowest BCUT2D eigenvalue weighted by molar-refractivity contribution is 0.00729. The van der Waals surface area contributed by atoms with E-state index in [2.05, 4.69) is 11.9 Å². The lowest BCUT2D eigenvalue weighted by Gasteiger charge is -2.42. The quantitative estimate of drug-likeness (QED) is 0.738. The van der Waals surface area contributed by atoms with E-state index in [9.17, 15) is 0 Å². The molecule has 0 aromatic heterocycles. The first-order valence-corrected chi connectivity index (χ1v) is 7.13. The van der Waals surface area contributed by atoms with Crippen LogP contribution in [0.2, 0.25) is 0 Å². The molecule has 0 aliphatic heterocycles. The van der Waals surface area contributed by atoms with Crippen molar-refractivity contribution >= 4 is 0 Å². The Bertz CT molecular complexity index is 236. The molecule has 2 N–H and O–H groups in total. The van der Waals surface area contributed by atoms with Gasteiger partial charge in [0.05, 0.1) is 12.1 Å². The summed E-state index contributed by atoms with van der Waals surface area (Å²) in [7, 11) is 4.05. The molecule has 2 aliphatic carbocycles. The Kier molecular flexibility index (Phi) is 4.45. The van der Waals surface area contributed by atoms with Crippen LogP contribution >= 0.6 is 0 Å². The van der Waals surface area contributed by atoms with Crippen LogP contribution in [0.25, 0.3) is 0 Å². The molecule has 3 nitrogen and oxygen atoms in total. The Morgan fingerprint density at radius 3 is 2.35 bits per heavy atom. The van der Waals surface area contributed by atoms with E-state index in [-0.39, 0.29) is 5.54 Å². The minimum Gasteiger partial charge on any atom is -0.383 e. The summed E-state index contributed by atoms with van der Waals surface area (Å²) in [6, 6.07) is 0. The van der Waals surface area contributed by atoms with Crippen LogP contribution < -0.4 is 5.73 Å². The average Bonchev–Trinajstić information content (AvgIpc) is 3.05. The number of ether oxygens (including phenoxy) is 1. The number of nitrogens with zero attached hydrogens (tertiary/aromatic N) is 1. The molecule has 2 fully saturated rings. The largest absolute Gasteiger partial charge is 0.383 e. The van der Waals surface area contributed by atoms with E-state index in [1.165, 1.54) is 45.1 Å². The summed E-state index contributed by atoms with van der Waals surface area (Å²) in [5, 5.41) is 0. The van der Waals surface area contributed by atoms with E-state index < -0.39 is 0 Å². The van der Waals surface area contributed by atoms with Gasteiger partial charge in [-0.25, -0.2) is 0 Å². The molecule has 0 amide bonds. The maximum Gasteiger partial charge on any atom is 0.0661 e. The molecule has 0 heterocycles. The van der Waals surface area contributed by atoms with Crippen molar-refractivity contribution in [1.82, 2.24) is 4.90 Å². The summed E-state index contributed by atoms with van der Waals surface area (Å²) in [6.45, 7) is 2.73. The van der Waals surface area contributed by atoms with Gasteiger partial charge < -0.3 is 10.5 Å². The fourth-order valence-corrected chi connectivity index (χ4v) is 3.55. The predicted molar refractivity (Wildman–Crippen MR) is 71.0 cm³/mol. The number of nitrogens with two attached hydrogens (primary N) is 1. The van der Waals surface area contributed by atoms with Crippen molar-refractivity contribution in [2.24, 2.45) is 17.6 Å². The summed E-state index contributed by atoms with van der Waals surface area (Å²) in [6.07, 6.45) is 8.31. The van der Waals surface area contributed by atoms with E-state index in [0.717, 1.165) is 25.0 Å². The summed E-state index contributed by atoms with van der Waals surface area (Å²) in [4.78, 5) is 2.52. The van der Waals surface area contributed by atoms with Crippen molar-refractivity contribution in [2.45, 2.75) is 44.1 Å². The SMILES string of the molecule is COCC(CN)(C1CC1)N(C)CC1CCCC1. The fraction of sp³-hybridized carbons (Fsp3) is 1.00. The maximum absolute atomic E-state index is 6.09. The monoisotopic (exact) mass is 240 g/mol. The van der Waals surface area contributed by atoms with Crippen molar-refractivity contribution in [3.05, 3.63) is 0 Å². The van der Waals surface area contributed by atoms with Crippen molar-refractivity contribution in [3.63, 3.8) is 0 Å². The predicted octanol–water partition coefficient (Wildman–Crippen LogP) is 1.86. The molecule has 2 saturated carbocycles. The summed E-state index contributed by atoms with van der Waals surface area (Å²) >= 11 is 0. The number of hydrogen-bond acceptors (Lipinski definition) is 3. The lowest BCUT2D eigenvalue weighted by Crippen LogP contribution is -2.58. The Morgan fingerprint density at radius 1 is 1.24 bits per heavy atom. The molecule has 0 aromatic carbocycles. The summed E-state index contributed by atoms with van der Waals surface area (Å²) < 4.78 is 5.46. The van der Waals surface area contributed by atoms with Crippen LogP contribution in [0.15, 0.2) is 0 Å². The van der Waals surface area contributed by atoms with E-state index >= 15 is 0 Å². The number of likely N-dealkylation sites (N-methyl/N-ethyl adjacent to an activating group) is 1. The molecule has 0 spiro atoms. The number of methoxy groups -OCH3 is 1. The van der Waals surface area contributed by atoms with Crippen molar-refractivity contribution < 1.29 is 4.74 Å². The third-order valence-electron chi connectivity index (χ3n) is 4.85. The Balaban J connectivity index is 1.97. The van der Waals surface area contributed by atoms with Gasteiger partial charge in [0, 0.05) is 20.2 Å². The van der Waals surface area contributed by atoms with Crippen molar-refractivity contribution in [1.29, 1.82) is 0 Å². The number of hydrogen-bond donors (Lipinski definition) is 1. The summed E-state index contributed by atoms with van der Waals surface area (Å²) in [5.41, 5.74) is 6.20. The average molecular weight is 240 g/mol. The zero-order valence-electron chi connectivity index (χ0n) is 11.5. The zero-order chi connectivity index (χ0) is 12.3. The lowest BCUT2D eigenvalue weighted by atomic mass is 9.91. The normalized spacial score (nSPS) is 25.4. The van der Waals surface area contributed by atoms with Gasteiger partial charge in [-0.2, -0.15) is 0 Å². The maximum atomic E-state index is 6.09. The topological polar surface area (TPSA) is 38.5 Å². The van der Waals surface area contributed by atoms with E-state index in [4.69, 9.17) is 10.5 Å². The Hall–Kier alpha value is -0.120. The molecule has 0 bridgehead atoms. The second kappa shape index (κ2) is 5.68. The van der Waals surface area contributed by atoms with Gasteiger partial charge in [-0.15, -0.1) is 0 Å². The molecule has 2 aliphatic rings. The highest BCUT2D eigenvalue weighted by atomic mass is 16.5. The third kappa shape index (κ3) is 2.83. The first kappa shape index (κ1) is 13.3. The molecule has 17 heavy (non-hydrogen) atoms. The second-order valence-electron chi connectivity index (χ2n) is 6.05. The van der Waals surface area contributed by atoms with Crippen molar-refractivity contribution in [3.8, 4) is 0 Å². The van der Waals surface area contributed by atoms with Gasteiger partial charge >= 0.3 is 0 Å².